The third-order valence-electron chi connectivity index (χ3n) is 5.50. The number of halogens is 1. The SMILES string of the molecule is CCCN1CCC(NC(=NCc2cccc(Cn3ccnc3C)c2)NCC)CC1.I. The Morgan fingerprint density at radius 2 is 1.97 bits per heavy atom. The normalized spacial score (nSPS) is 15.6. The van der Waals surface area contributed by atoms with Crippen LogP contribution >= 0.6 is 24.0 Å². The van der Waals surface area contributed by atoms with E-state index >= 15 is 0 Å². The van der Waals surface area contributed by atoms with Gasteiger partial charge in [0, 0.05) is 44.6 Å². The van der Waals surface area contributed by atoms with Crippen LogP contribution in [0.5, 0.6) is 0 Å². The Hall–Kier alpha value is -1.61. The first-order chi connectivity index (χ1) is 14.2. The topological polar surface area (TPSA) is 57.5 Å². The number of imidazole rings is 1. The van der Waals surface area contributed by atoms with Gasteiger partial charge in [-0.15, -0.1) is 24.0 Å². The number of likely N-dealkylation sites (tertiary alicyclic amines) is 1. The Balaban J connectivity index is 0.00000320. The fourth-order valence-electron chi connectivity index (χ4n) is 3.89. The van der Waals surface area contributed by atoms with Crippen molar-refractivity contribution in [2.75, 3.05) is 26.2 Å². The third kappa shape index (κ3) is 7.58. The monoisotopic (exact) mass is 524 g/mol. The number of guanidine groups is 1. The number of aryl methyl sites for hydroxylation is 1. The highest BCUT2D eigenvalue weighted by Gasteiger charge is 2.19. The maximum Gasteiger partial charge on any atom is 0.191 e. The van der Waals surface area contributed by atoms with Crippen molar-refractivity contribution in [3.8, 4) is 0 Å². The van der Waals surface area contributed by atoms with Crippen molar-refractivity contribution in [2.45, 2.75) is 59.2 Å². The summed E-state index contributed by atoms with van der Waals surface area (Å²) in [5.41, 5.74) is 2.51. The predicted molar refractivity (Wildman–Crippen MR) is 136 cm³/mol. The van der Waals surface area contributed by atoms with E-state index in [-0.39, 0.29) is 24.0 Å². The lowest BCUT2D eigenvalue weighted by molar-refractivity contribution is 0.206. The van der Waals surface area contributed by atoms with E-state index in [9.17, 15) is 0 Å². The summed E-state index contributed by atoms with van der Waals surface area (Å²) in [5.74, 6) is 1.97. The van der Waals surface area contributed by atoms with Crippen molar-refractivity contribution in [2.24, 2.45) is 4.99 Å². The number of benzene rings is 1. The molecule has 0 saturated carbocycles. The molecule has 3 rings (SSSR count). The molecule has 2 aromatic rings. The molecule has 0 aliphatic carbocycles. The molecule has 7 heteroatoms. The van der Waals surface area contributed by atoms with E-state index < -0.39 is 0 Å². The number of nitrogens with zero attached hydrogens (tertiary/aromatic N) is 4. The van der Waals surface area contributed by atoms with Crippen molar-refractivity contribution in [3.63, 3.8) is 0 Å². The molecule has 30 heavy (non-hydrogen) atoms. The molecule has 1 aromatic carbocycles. The van der Waals surface area contributed by atoms with Gasteiger partial charge in [0.25, 0.3) is 0 Å². The summed E-state index contributed by atoms with van der Waals surface area (Å²) >= 11 is 0. The van der Waals surface area contributed by atoms with Crippen molar-refractivity contribution in [1.29, 1.82) is 0 Å². The second-order valence-electron chi connectivity index (χ2n) is 7.88. The standard InChI is InChI=1S/C23H36N6.HI/c1-4-12-28-13-9-22(10-14-28)27-23(24-5-2)26-17-20-7-6-8-21(16-20)18-29-15-11-25-19(29)3;/h6-8,11,15-16,22H,4-5,9-10,12-14,17-18H2,1-3H3,(H2,24,26,27);1H. The first kappa shape index (κ1) is 24.7. The molecule has 0 amide bonds. The Morgan fingerprint density at radius 1 is 1.20 bits per heavy atom. The molecular weight excluding hydrogens is 487 g/mol. The van der Waals surface area contributed by atoms with Gasteiger partial charge in [0.1, 0.15) is 5.82 Å². The number of aliphatic imine (C=N–C) groups is 1. The number of piperidine rings is 1. The Labute approximate surface area is 198 Å². The average Bonchev–Trinajstić information content (AvgIpc) is 3.13. The van der Waals surface area contributed by atoms with Gasteiger partial charge in [0.2, 0.25) is 0 Å². The highest BCUT2D eigenvalue weighted by molar-refractivity contribution is 14.0. The van der Waals surface area contributed by atoms with Gasteiger partial charge in [-0.05, 0) is 50.8 Å². The second kappa shape index (κ2) is 12.9. The zero-order valence-electron chi connectivity index (χ0n) is 18.6. The summed E-state index contributed by atoms with van der Waals surface area (Å²) in [6, 6.07) is 9.20. The van der Waals surface area contributed by atoms with Crippen LogP contribution in [0.3, 0.4) is 0 Å². The van der Waals surface area contributed by atoms with Gasteiger partial charge in [-0.2, -0.15) is 0 Å². The van der Waals surface area contributed by atoms with Crippen LogP contribution in [0, 0.1) is 6.92 Å². The molecule has 2 N–H and O–H groups in total. The predicted octanol–water partition coefficient (Wildman–Crippen LogP) is 3.79. The molecule has 0 radical (unpaired) electrons. The lowest BCUT2D eigenvalue weighted by Gasteiger charge is -2.32. The van der Waals surface area contributed by atoms with Crippen molar-refractivity contribution < 1.29 is 0 Å². The zero-order valence-corrected chi connectivity index (χ0v) is 20.9. The van der Waals surface area contributed by atoms with Crippen LogP contribution in [-0.2, 0) is 13.1 Å². The molecule has 1 saturated heterocycles. The zero-order chi connectivity index (χ0) is 20.5. The van der Waals surface area contributed by atoms with Crippen LogP contribution < -0.4 is 10.6 Å². The van der Waals surface area contributed by atoms with E-state index in [1.54, 1.807) is 0 Å². The summed E-state index contributed by atoms with van der Waals surface area (Å²) in [5, 5.41) is 7.06. The molecule has 1 aromatic heterocycles. The van der Waals surface area contributed by atoms with E-state index in [1.807, 2.05) is 19.3 Å². The van der Waals surface area contributed by atoms with Crippen LogP contribution in [0.2, 0.25) is 0 Å². The maximum atomic E-state index is 4.85. The quantitative estimate of drug-likeness (QED) is 0.314. The Bertz CT molecular complexity index is 780. The summed E-state index contributed by atoms with van der Waals surface area (Å²) in [4.78, 5) is 11.7. The number of aromatic nitrogens is 2. The van der Waals surface area contributed by atoms with Crippen LogP contribution in [0.1, 0.15) is 50.1 Å². The number of rotatable bonds is 8. The molecule has 1 aliphatic heterocycles. The summed E-state index contributed by atoms with van der Waals surface area (Å²) in [7, 11) is 0. The molecular formula is C23H37IN6. The highest BCUT2D eigenvalue weighted by Crippen LogP contribution is 2.12. The molecule has 1 fully saturated rings. The largest absolute Gasteiger partial charge is 0.357 e. The molecule has 0 bridgehead atoms. The van der Waals surface area contributed by atoms with Crippen molar-refractivity contribution in [1.82, 2.24) is 25.1 Å². The summed E-state index contributed by atoms with van der Waals surface area (Å²) < 4.78 is 2.17. The van der Waals surface area contributed by atoms with E-state index in [2.05, 4.69) is 63.2 Å². The summed E-state index contributed by atoms with van der Waals surface area (Å²) in [6.07, 6.45) is 7.49. The third-order valence-corrected chi connectivity index (χ3v) is 5.50. The van der Waals surface area contributed by atoms with E-state index in [4.69, 9.17) is 4.99 Å². The van der Waals surface area contributed by atoms with Gasteiger partial charge in [-0.1, -0.05) is 31.2 Å². The molecule has 2 heterocycles. The fourth-order valence-corrected chi connectivity index (χ4v) is 3.89. The highest BCUT2D eigenvalue weighted by atomic mass is 127. The lowest BCUT2D eigenvalue weighted by atomic mass is 10.1. The van der Waals surface area contributed by atoms with E-state index in [1.165, 1.54) is 50.0 Å². The van der Waals surface area contributed by atoms with Crippen LogP contribution in [0.25, 0.3) is 0 Å². The second-order valence-corrected chi connectivity index (χ2v) is 7.88. The fraction of sp³-hybridized carbons (Fsp3) is 0.565. The molecule has 0 spiro atoms. The maximum absolute atomic E-state index is 4.85. The molecule has 0 atom stereocenters. The van der Waals surface area contributed by atoms with Gasteiger partial charge in [0.15, 0.2) is 5.96 Å². The van der Waals surface area contributed by atoms with Gasteiger partial charge in [-0.25, -0.2) is 9.98 Å². The smallest absolute Gasteiger partial charge is 0.191 e. The first-order valence-corrected chi connectivity index (χ1v) is 11.0. The molecule has 0 unspecified atom stereocenters. The van der Waals surface area contributed by atoms with Gasteiger partial charge in [-0.3, -0.25) is 0 Å². The van der Waals surface area contributed by atoms with Crippen molar-refractivity contribution in [3.05, 3.63) is 53.6 Å². The minimum absolute atomic E-state index is 0. The van der Waals surface area contributed by atoms with E-state index in [0.717, 1.165) is 24.9 Å². The van der Waals surface area contributed by atoms with Gasteiger partial charge in [0.05, 0.1) is 6.54 Å². The minimum atomic E-state index is 0. The number of nitrogens with one attached hydrogen (secondary N) is 2. The Kier molecular flexibility index (Phi) is 10.6. The molecule has 1 aliphatic rings. The minimum Gasteiger partial charge on any atom is -0.357 e. The van der Waals surface area contributed by atoms with Gasteiger partial charge >= 0.3 is 0 Å². The van der Waals surface area contributed by atoms with Crippen molar-refractivity contribution >= 4 is 29.9 Å². The van der Waals surface area contributed by atoms with Crippen LogP contribution in [0.15, 0.2) is 41.7 Å². The number of hydrogen-bond acceptors (Lipinski definition) is 3. The summed E-state index contributed by atoms with van der Waals surface area (Å²) in [6.45, 7) is 12.4. The first-order valence-electron chi connectivity index (χ1n) is 11.0. The average molecular weight is 524 g/mol. The van der Waals surface area contributed by atoms with Gasteiger partial charge < -0.3 is 20.1 Å². The molecule has 6 nitrogen and oxygen atoms in total. The Morgan fingerprint density at radius 3 is 2.63 bits per heavy atom. The van der Waals surface area contributed by atoms with Crippen LogP contribution in [-0.4, -0.2) is 52.6 Å². The molecule has 166 valence electrons. The number of hydrogen-bond donors (Lipinski definition) is 2. The van der Waals surface area contributed by atoms with Crippen LogP contribution in [0.4, 0.5) is 0 Å². The lowest BCUT2D eigenvalue weighted by Crippen LogP contribution is -2.48. The van der Waals surface area contributed by atoms with E-state index in [0.29, 0.717) is 12.6 Å².